The van der Waals surface area contributed by atoms with Crippen molar-refractivity contribution in [1.29, 1.82) is 0 Å². The van der Waals surface area contributed by atoms with Crippen LogP contribution >= 0.6 is 0 Å². The molecule has 3 atom stereocenters. The minimum Gasteiger partial charge on any atom is -0.504 e. The highest BCUT2D eigenvalue weighted by atomic mass is 16.7. The number of aromatic nitrogens is 1. The summed E-state index contributed by atoms with van der Waals surface area (Å²) in [6.45, 7) is -0.0403. The first-order chi connectivity index (χ1) is 19.9. The number of phenolic OH excluding ortho intramolecular Hbond substituents is 2. The number of methoxy groups -OCH3 is 4. The standard InChI is InChI=1S/C30H27NO10/c1-35-20-7-13(5-6-17(20)32)24-25-16-8-18(33)21(36-2)11-19(16)41-30(34)27(25)31-23-10-15-14(26(24)31)9-22(37-3)29(38-4)28(15)40-12-39-23/h5-9,11,23,28-29,32-33H,10,12H2,1-4H3/t23-,28+,29+/m1/s1. The van der Waals surface area contributed by atoms with E-state index in [1.807, 2.05) is 10.6 Å². The van der Waals surface area contributed by atoms with Crippen molar-refractivity contribution in [3.63, 3.8) is 0 Å². The highest BCUT2D eigenvalue weighted by molar-refractivity contribution is 6.16. The summed E-state index contributed by atoms with van der Waals surface area (Å²) in [6.07, 6.45) is 0.792. The molecule has 2 aromatic heterocycles. The van der Waals surface area contributed by atoms with Gasteiger partial charge in [-0.15, -0.1) is 0 Å². The summed E-state index contributed by atoms with van der Waals surface area (Å²) >= 11 is 0. The van der Waals surface area contributed by atoms with Crippen molar-refractivity contribution >= 4 is 27.4 Å². The summed E-state index contributed by atoms with van der Waals surface area (Å²) in [7, 11) is 6.06. The Morgan fingerprint density at radius 2 is 1.73 bits per heavy atom. The fraction of sp³-hybridized carbons (Fsp3) is 0.300. The average molecular weight is 562 g/mol. The van der Waals surface area contributed by atoms with Gasteiger partial charge in [0, 0.05) is 41.5 Å². The fourth-order valence-corrected chi connectivity index (χ4v) is 6.32. The van der Waals surface area contributed by atoms with Crippen LogP contribution in [0.1, 0.15) is 18.3 Å². The number of benzene rings is 2. The molecule has 2 aliphatic heterocycles. The maximum Gasteiger partial charge on any atom is 0.361 e. The number of fused-ring (bicyclic) bond motifs is 8. The summed E-state index contributed by atoms with van der Waals surface area (Å²) in [6, 6.07) is 7.99. The molecule has 7 rings (SSSR count). The molecule has 1 fully saturated rings. The van der Waals surface area contributed by atoms with E-state index >= 15 is 0 Å². The molecule has 1 saturated heterocycles. The monoisotopic (exact) mass is 561 g/mol. The Morgan fingerprint density at radius 3 is 2.46 bits per heavy atom. The van der Waals surface area contributed by atoms with Crippen molar-refractivity contribution in [3.8, 4) is 34.1 Å². The predicted octanol–water partition coefficient (Wildman–Crippen LogP) is 4.43. The molecule has 2 bridgehead atoms. The molecule has 1 aliphatic carbocycles. The molecule has 11 heteroatoms. The number of rotatable bonds is 5. The van der Waals surface area contributed by atoms with E-state index in [1.54, 1.807) is 26.4 Å². The van der Waals surface area contributed by atoms with Crippen LogP contribution in [0.25, 0.3) is 38.6 Å². The van der Waals surface area contributed by atoms with Crippen LogP contribution in [0.4, 0.5) is 0 Å². The number of ether oxygens (including phenoxy) is 6. The summed E-state index contributed by atoms with van der Waals surface area (Å²) in [5, 5.41) is 22.2. The van der Waals surface area contributed by atoms with Gasteiger partial charge in [-0.3, -0.25) is 0 Å². The molecule has 212 valence electrons. The highest BCUT2D eigenvalue weighted by Gasteiger charge is 2.45. The number of hydrogen-bond acceptors (Lipinski definition) is 10. The van der Waals surface area contributed by atoms with Gasteiger partial charge in [-0.1, -0.05) is 6.07 Å². The van der Waals surface area contributed by atoms with Crippen LogP contribution in [0.2, 0.25) is 0 Å². The molecule has 11 nitrogen and oxygen atoms in total. The summed E-state index contributed by atoms with van der Waals surface area (Å²) in [4.78, 5) is 13.8. The van der Waals surface area contributed by atoms with Crippen molar-refractivity contribution in [3.05, 3.63) is 63.9 Å². The minimum absolute atomic E-state index is 0.0324. The molecule has 41 heavy (non-hydrogen) atoms. The predicted molar refractivity (Wildman–Crippen MR) is 147 cm³/mol. The third kappa shape index (κ3) is 3.52. The molecule has 4 aromatic rings. The number of aromatic hydroxyl groups is 2. The first-order valence-corrected chi connectivity index (χ1v) is 12.9. The normalized spacial score (nSPS) is 21.5. The Hall–Kier alpha value is -4.45. The highest BCUT2D eigenvalue weighted by Crippen LogP contribution is 2.52. The van der Waals surface area contributed by atoms with Crippen LogP contribution in [0.3, 0.4) is 0 Å². The van der Waals surface area contributed by atoms with Gasteiger partial charge in [0.2, 0.25) is 0 Å². The minimum atomic E-state index is -0.591. The van der Waals surface area contributed by atoms with Crippen molar-refractivity contribution in [2.75, 3.05) is 35.2 Å². The molecule has 0 spiro atoms. The molecule has 4 heterocycles. The number of allylic oxidation sites excluding steroid dienone is 2. The van der Waals surface area contributed by atoms with Crippen LogP contribution in [-0.4, -0.2) is 62.2 Å². The Labute approximate surface area is 233 Å². The van der Waals surface area contributed by atoms with Crippen LogP contribution in [0.5, 0.6) is 23.0 Å². The number of hydrogen-bond donors (Lipinski definition) is 2. The maximum absolute atomic E-state index is 13.8. The van der Waals surface area contributed by atoms with Crippen LogP contribution in [-0.2, 0) is 18.9 Å². The fourth-order valence-electron chi connectivity index (χ4n) is 6.32. The molecule has 0 unspecified atom stereocenters. The second kappa shape index (κ2) is 9.30. The largest absolute Gasteiger partial charge is 0.504 e. The van der Waals surface area contributed by atoms with Gasteiger partial charge in [0.15, 0.2) is 23.0 Å². The second-order valence-corrected chi connectivity index (χ2v) is 9.99. The van der Waals surface area contributed by atoms with E-state index in [0.29, 0.717) is 39.8 Å². The van der Waals surface area contributed by atoms with E-state index in [2.05, 4.69) is 0 Å². The number of nitrogens with zero attached hydrogens (tertiary/aromatic N) is 1. The lowest BCUT2D eigenvalue weighted by molar-refractivity contribution is -0.133. The average Bonchev–Trinajstić information content (AvgIpc) is 3.22. The lowest BCUT2D eigenvalue weighted by Crippen LogP contribution is -2.38. The first-order valence-electron chi connectivity index (χ1n) is 12.9. The lowest BCUT2D eigenvalue weighted by atomic mass is 9.83. The zero-order valence-corrected chi connectivity index (χ0v) is 22.7. The van der Waals surface area contributed by atoms with Gasteiger partial charge >= 0.3 is 5.63 Å². The van der Waals surface area contributed by atoms with Crippen molar-refractivity contribution in [2.45, 2.75) is 24.9 Å². The van der Waals surface area contributed by atoms with E-state index in [0.717, 1.165) is 11.1 Å². The smallest absolute Gasteiger partial charge is 0.361 e. The molecule has 3 aliphatic rings. The SMILES string of the molecule is COC1=CC2=C3C[C@@H](OCO[C@@H]3[C@H]1OC)n1c2c(-c2ccc(O)c(OC)c2)c2c3cc(O)c(OC)cc3oc(=O)c21. The van der Waals surface area contributed by atoms with Gasteiger partial charge in [0.1, 0.15) is 42.1 Å². The van der Waals surface area contributed by atoms with Crippen molar-refractivity contribution in [1.82, 2.24) is 4.57 Å². The molecular weight excluding hydrogens is 534 g/mol. The van der Waals surface area contributed by atoms with E-state index < -0.39 is 24.1 Å². The van der Waals surface area contributed by atoms with Crippen molar-refractivity contribution in [2.24, 2.45) is 0 Å². The van der Waals surface area contributed by atoms with Crippen molar-refractivity contribution < 1.29 is 43.1 Å². The van der Waals surface area contributed by atoms with Crippen LogP contribution in [0.15, 0.2) is 57.0 Å². The first kappa shape index (κ1) is 25.5. The van der Waals surface area contributed by atoms with Gasteiger partial charge in [0.05, 0.1) is 27.0 Å². The Bertz CT molecular complexity index is 1860. The van der Waals surface area contributed by atoms with E-state index in [4.69, 9.17) is 32.8 Å². The topological polar surface area (TPSA) is 131 Å². The molecule has 2 aromatic carbocycles. The zero-order valence-electron chi connectivity index (χ0n) is 22.7. The molecule has 0 radical (unpaired) electrons. The summed E-state index contributed by atoms with van der Waals surface area (Å²) in [5.74, 6) is 0.838. The maximum atomic E-state index is 13.8. The van der Waals surface area contributed by atoms with Gasteiger partial charge in [-0.25, -0.2) is 4.79 Å². The van der Waals surface area contributed by atoms with E-state index in [9.17, 15) is 15.0 Å². The summed E-state index contributed by atoms with van der Waals surface area (Å²) < 4.78 is 42.2. The summed E-state index contributed by atoms with van der Waals surface area (Å²) in [5.41, 5.74) is 3.64. The molecule has 0 amide bonds. The van der Waals surface area contributed by atoms with Gasteiger partial charge in [-0.05, 0) is 35.4 Å². The van der Waals surface area contributed by atoms with Crippen LogP contribution < -0.4 is 15.1 Å². The molecular formula is C30H27NO10. The Kier molecular flexibility index (Phi) is 5.79. The quantitative estimate of drug-likeness (QED) is 0.338. The molecule has 0 saturated carbocycles. The zero-order chi connectivity index (χ0) is 28.6. The van der Waals surface area contributed by atoms with Crippen LogP contribution in [0, 0.1) is 0 Å². The second-order valence-electron chi connectivity index (χ2n) is 9.99. The third-order valence-corrected chi connectivity index (χ3v) is 8.09. The van der Waals surface area contributed by atoms with E-state index in [1.165, 1.54) is 32.4 Å². The van der Waals surface area contributed by atoms with E-state index in [-0.39, 0.29) is 40.9 Å². The Balaban J connectivity index is 1.69. The van der Waals surface area contributed by atoms with Gasteiger partial charge < -0.3 is 47.6 Å². The Morgan fingerprint density at radius 1 is 0.951 bits per heavy atom. The van der Waals surface area contributed by atoms with Gasteiger partial charge in [-0.2, -0.15) is 0 Å². The van der Waals surface area contributed by atoms with Gasteiger partial charge in [0.25, 0.3) is 0 Å². The number of phenols is 2. The lowest BCUT2D eigenvalue weighted by Gasteiger charge is -2.36. The third-order valence-electron chi connectivity index (χ3n) is 8.09. The molecule has 2 N–H and O–H groups in total.